The Morgan fingerprint density at radius 3 is 2.38 bits per heavy atom. The van der Waals surface area contributed by atoms with Crippen LogP contribution in [-0.4, -0.2) is 42.3 Å². The molecule has 0 bridgehead atoms. The molecule has 0 unspecified atom stereocenters. The Bertz CT molecular complexity index is 497. The van der Waals surface area contributed by atoms with Crippen LogP contribution in [0.2, 0.25) is 0 Å². The summed E-state index contributed by atoms with van der Waals surface area (Å²) >= 11 is 0. The third-order valence-corrected chi connectivity index (χ3v) is 4.61. The molecule has 3 rings (SSSR count). The van der Waals surface area contributed by atoms with Crippen molar-refractivity contribution >= 4 is 6.09 Å². The third-order valence-electron chi connectivity index (χ3n) is 4.61. The first-order chi connectivity index (χ1) is 11.7. The van der Waals surface area contributed by atoms with E-state index in [4.69, 9.17) is 4.74 Å². The van der Waals surface area contributed by atoms with Gasteiger partial charge in [0.05, 0.1) is 0 Å². The molecule has 1 aromatic carbocycles. The number of halogens is 1. The lowest BCUT2D eigenvalue weighted by Crippen LogP contribution is -2.55. The van der Waals surface area contributed by atoms with Crippen molar-refractivity contribution in [3.8, 4) is 0 Å². The van der Waals surface area contributed by atoms with Crippen LogP contribution in [0.5, 0.6) is 0 Å². The second-order valence-electron chi connectivity index (χ2n) is 6.26. The first-order valence-electron chi connectivity index (χ1n) is 8.56. The Balaban J connectivity index is 0.00000100. The van der Waals surface area contributed by atoms with Crippen molar-refractivity contribution in [2.75, 3.05) is 13.1 Å². The van der Waals surface area contributed by atoms with Crippen molar-refractivity contribution in [3.05, 3.63) is 49.1 Å². The van der Waals surface area contributed by atoms with Gasteiger partial charge >= 0.3 is 6.09 Å². The maximum Gasteiger partial charge on any atom is 0.407 e. The third kappa shape index (κ3) is 5.34. The molecule has 0 aromatic heterocycles. The molecule has 0 spiro atoms. The van der Waals surface area contributed by atoms with Gasteiger partial charge in [0, 0.05) is 25.2 Å². The van der Waals surface area contributed by atoms with Crippen molar-refractivity contribution in [1.29, 1.82) is 0 Å². The number of hydrogen-bond acceptors (Lipinski definition) is 3. The van der Waals surface area contributed by atoms with Gasteiger partial charge < -0.3 is 10.1 Å². The van der Waals surface area contributed by atoms with Gasteiger partial charge in [-0.3, -0.25) is 4.90 Å². The summed E-state index contributed by atoms with van der Waals surface area (Å²) in [5, 5.41) is 2.94. The van der Waals surface area contributed by atoms with Crippen LogP contribution in [0.4, 0.5) is 9.18 Å². The predicted molar refractivity (Wildman–Crippen MR) is 93.5 cm³/mol. The molecule has 5 heteroatoms. The van der Waals surface area contributed by atoms with E-state index < -0.39 is 6.17 Å². The Morgan fingerprint density at radius 2 is 1.79 bits per heavy atom. The van der Waals surface area contributed by atoms with Crippen molar-refractivity contribution in [2.24, 2.45) is 0 Å². The summed E-state index contributed by atoms with van der Waals surface area (Å²) < 4.78 is 18.1. The molecule has 1 saturated heterocycles. The second-order valence-corrected chi connectivity index (χ2v) is 6.26. The molecule has 24 heavy (non-hydrogen) atoms. The normalized spacial score (nSPS) is 24.2. The fraction of sp³-hybridized carbons (Fsp3) is 0.526. The molecule has 0 radical (unpaired) electrons. The minimum Gasteiger partial charge on any atom is -0.445 e. The van der Waals surface area contributed by atoms with Gasteiger partial charge in [-0.15, -0.1) is 13.2 Å². The molecule has 1 aliphatic heterocycles. The molecule has 1 aliphatic carbocycles. The summed E-state index contributed by atoms with van der Waals surface area (Å²) in [4.78, 5) is 14.0. The van der Waals surface area contributed by atoms with E-state index in [1.807, 2.05) is 30.3 Å². The number of nitrogens with one attached hydrogen (secondary N) is 1. The lowest BCUT2D eigenvalue weighted by atomic mass is 9.88. The highest BCUT2D eigenvalue weighted by Gasteiger charge is 2.34. The quantitative estimate of drug-likeness (QED) is 0.854. The van der Waals surface area contributed by atoms with Crippen molar-refractivity contribution in [1.82, 2.24) is 10.2 Å². The lowest BCUT2D eigenvalue weighted by molar-refractivity contribution is 0.0107. The van der Waals surface area contributed by atoms with Gasteiger partial charge in [-0.2, -0.15) is 0 Å². The molecule has 1 heterocycles. The fourth-order valence-corrected chi connectivity index (χ4v) is 3.27. The molecule has 1 N–H and O–H groups in total. The number of carbonyl (C=O) groups excluding carboxylic acids is 1. The zero-order chi connectivity index (χ0) is 17.4. The second kappa shape index (κ2) is 9.42. The number of nitrogens with zero attached hydrogens (tertiary/aromatic N) is 1. The van der Waals surface area contributed by atoms with Gasteiger partial charge in [0.1, 0.15) is 12.8 Å². The number of amides is 1. The molecule has 1 amide bonds. The van der Waals surface area contributed by atoms with Crippen LogP contribution in [0.25, 0.3) is 0 Å². The maximum atomic E-state index is 12.9. The van der Waals surface area contributed by atoms with Crippen LogP contribution >= 0.6 is 0 Å². The van der Waals surface area contributed by atoms with E-state index in [-0.39, 0.29) is 12.1 Å². The highest BCUT2D eigenvalue weighted by atomic mass is 19.1. The van der Waals surface area contributed by atoms with E-state index in [9.17, 15) is 9.18 Å². The molecular formula is C19H27FN2O2. The van der Waals surface area contributed by atoms with Gasteiger partial charge in [-0.1, -0.05) is 30.3 Å². The molecule has 0 atom stereocenters. The van der Waals surface area contributed by atoms with E-state index in [0.717, 1.165) is 31.2 Å². The first-order valence-corrected chi connectivity index (χ1v) is 8.56. The molecule has 2 aliphatic rings. The van der Waals surface area contributed by atoms with Gasteiger partial charge in [0.15, 0.2) is 0 Å². The summed E-state index contributed by atoms with van der Waals surface area (Å²) in [6, 6.07) is 10.3. The minimum atomic E-state index is -0.635. The Labute approximate surface area is 143 Å². The predicted octanol–water partition coefficient (Wildman–Crippen LogP) is 3.68. The molecular weight excluding hydrogens is 307 g/mol. The molecule has 1 saturated carbocycles. The van der Waals surface area contributed by atoms with Crippen molar-refractivity contribution in [3.63, 3.8) is 0 Å². The zero-order valence-electron chi connectivity index (χ0n) is 14.1. The number of ether oxygens (including phenoxy) is 1. The average molecular weight is 334 g/mol. The maximum absolute atomic E-state index is 12.9. The van der Waals surface area contributed by atoms with Crippen molar-refractivity contribution < 1.29 is 13.9 Å². The summed E-state index contributed by atoms with van der Waals surface area (Å²) in [6.07, 6.45) is 2.95. The smallest absolute Gasteiger partial charge is 0.407 e. The Hall–Kier alpha value is -1.88. The van der Waals surface area contributed by atoms with E-state index in [1.165, 1.54) is 0 Å². The van der Waals surface area contributed by atoms with Gasteiger partial charge in [-0.25, -0.2) is 9.18 Å². The number of benzene rings is 1. The molecule has 4 nitrogen and oxygen atoms in total. The topological polar surface area (TPSA) is 41.6 Å². The highest BCUT2D eigenvalue weighted by molar-refractivity contribution is 5.67. The van der Waals surface area contributed by atoms with E-state index >= 15 is 0 Å². The Kier molecular flexibility index (Phi) is 7.25. The van der Waals surface area contributed by atoms with Crippen LogP contribution in [0.1, 0.15) is 31.2 Å². The number of likely N-dealkylation sites (tertiary alicyclic amines) is 1. The Morgan fingerprint density at radius 1 is 1.17 bits per heavy atom. The minimum absolute atomic E-state index is 0.182. The number of alkyl carbamates (subject to hydrolysis) is 1. The van der Waals surface area contributed by atoms with E-state index in [1.54, 1.807) is 0 Å². The van der Waals surface area contributed by atoms with Crippen LogP contribution in [0, 0.1) is 0 Å². The van der Waals surface area contributed by atoms with Crippen LogP contribution in [0.15, 0.2) is 43.5 Å². The van der Waals surface area contributed by atoms with Gasteiger partial charge in [0.2, 0.25) is 0 Å². The average Bonchev–Trinajstić information content (AvgIpc) is 2.61. The largest absolute Gasteiger partial charge is 0.445 e. The summed E-state index contributed by atoms with van der Waals surface area (Å²) in [5.41, 5.74) is 0.986. The monoisotopic (exact) mass is 334 g/mol. The number of alkyl halides is 1. The SMILES string of the molecule is C=C.O=C(NC1CCC(N2CC(F)C2)CC1)OCc1ccccc1. The number of carbonyl (C=O) groups is 1. The molecule has 1 aromatic rings. The van der Waals surface area contributed by atoms with Gasteiger partial charge in [-0.05, 0) is 31.2 Å². The molecule has 132 valence electrons. The fourth-order valence-electron chi connectivity index (χ4n) is 3.27. The van der Waals surface area contributed by atoms with E-state index in [2.05, 4.69) is 23.4 Å². The van der Waals surface area contributed by atoms with Crippen LogP contribution in [-0.2, 0) is 11.3 Å². The van der Waals surface area contributed by atoms with E-state index in [0.29, 0.717) is 25.7 Å². The standard InChI is InChI=1S/C17H23FN2O2.C2H4/c18-14-10-20(11-14)16-8-6-15(7-9-16)19-17(21)22-12-13-4-2-1-3-5-13;1-2/h1-5,14-16H,6-12H2,(H,19,21);1-2H2. The lowest BCUT2D eigenvalue weighted by Gasteiger charge is -2.43. The van der Waals surface area contributed by atoms with Crippen molar-refractivity contribution in [2.45, 2.75) is 50.5 Å². The number of hydrogen-bond donors (Lipinski definition) is 1. The first kappa shape index (κ1) is 18.5. The summed E-state index contributed by atoms with van der Waals surface area (Å²) in [7, 11) is 0. The number of rotatable bonds is 4. The van der Waals surface area contributed by atoms with Crippen LogP contribution in [0.3, 0.4) is 0 Å². The van der Waals surface area contributed by atoms with Gasteiger partial charge in [0.25, 0.3) is 0 Å². The summed E-state index contributed by atoms with van der Waals surface area (Å²) in [6.45, 7) is 7.47. The zero-order valence-corrected chi connectivity index (χ0v) is 14.1. The summed E-state index contributed by atoms with van der Waals surface area (Å²) in [5.74, 6) is 0. The highest BCUT2D eigenvalue weighted by Crippen LogP contribution is 2.27. The molecule has 2 fully saturated rings. The van der Waals surface area contributed by atoms with Crippen LogP contribution < -0.4 is 5.32 Å².